The number of anilines is 1. The summed E-state index contributed by atoms with van der Waals surface area (Å²) in [5, 5.41) is 12.2. The van der Waals surface area contributed by atoms with Gasteiger partial charge >= 0.3 is 0 Å². The fourth-order valence-electron chi connectivity index (χ4n) is 3.80. The van der Waals surface area contributed by atoms with Crippen LogP contribution in [0.3, 0.4) is 0 Å². The average Bonchev–Trinajstić information content (AvgIpc) is 3.26. The second-order valence-electron chi connectivity index (χ2n) is 7.70. The minimum Gasteiger partial charge on any atom is -0.326 e. The number of thioether (sulfide) groups is 1. The smallest absolute Gasteiger partial charge is 0.224 e. The molecule has 5 rings (SSSR count). The third kappa shape index (κ3) is 4.34. The van der Waals surface area contributed by atoms with Gasteiger partial charge in [0, 0.05) is 23.2 Å². The molecule has 1 aliphatic rings. The van der Waals surface area contributed by atoms with Crippen LogP contribution in [0.25, 0.3) is 17.1 Å². The van der Waals surface area contributed by atoms with Gasteiger partial charge in [-0.15, -0.1) is 10.2 Å². The number of benzene rings is 3. The van der Waals surface area contributed by atoms with Gasteiger partial charge in [0.05, 0.1) is 16.5 Å². The molecule has 2 heterocycles. The Morgan fingerprint density at radius 3 is 2.68 bits per heavy atom. The largest absolute Gasteiger partial charge is 0.326 e. The molecule has 1 N–H and O–H groups in total. The van der Waals surface area contributed by atoms with Gasteiger partial charge in [-0.1, -0.05) is 47.6 Å². The number of fused-ring (bicyclic) bond motifs is 1. The van der Waals surface area contributed by atoms with Gasteiger partial charge in [-0.05, 0) is 54.4 Å². The molecular weight excluding hydrogens is 475 g/mol. The fourth-order valence-corrected chi connectivity index (χ4v) is 4.86. The van der Waals surface area contributed by atoms with Crippen molar-refractivity contribution in [3.05, 3.63) is 88.7 Å². The predicted molar refractivity (Wildman–Crippen MR) is 130 cm³/mol. The van der Waals surface area contributed by atoms with E-state index in [0.29, 0.717) is 40.0 Å². The van der Waals surface area contributed by atoms with Crippen molar-refractivity contribution in [2.45, 2.75) is 18.0 Å². The van der Waals surface area contributed by atoms with E-state index >= 15 is 0 Å². The number of aryl methyl sites for hydroxylation is 1. The number of carbonyl (C=O) groups excluding carboxylic acids is 2. The number of Topliss-reactive ketones (excluding diaryl/α,β-unsaturated/α-hetero) is 1. The number of amides is 1. The van der Waals surface area contributed by atoms with E-state index in [1.807, 2.05) is 12.1 Å². The molecule has 3 aromatic carbocycles. The summed E-state index contributed by atoms with van der Waals surface area (Å²) >= 11 is 7.55. The van der Waals surface area contributed by atoms with Gasteiger partial charge in [0.15, 0.2) is 16.8 Å². The van der Waals surface area contributed by atoms with E-state index < -0.39 is 5.82 Å². The van der Waals surface area contributed by atoms with Crippen molar-refractivity contribution >= 4 is 40.7 Å². The van der Waals surface area contributed by atoms with E-state index in [1.165, 1.54) is 17.8 Å². The Hall–Kier alpha value is -3.49. The molecule has 170 valence electrons. The summed E-state index contributed by atoms with van der Waals surface area (Å²) in [7, 11) is 0. The molecule has 0 unspecified atom stereocenters. The highest BCUT2D eigenvalue weighted by atomic mass is 35.5. The van der Waals surface area contributed by atoms with Crippen molar-refractivity contribution < 1.29 is 14.0 Å². The highest BCUT2D eigenvalue weighted by Crippen LogP contribution is 2.33. The van der Waals surface area contributed by atoms with Crippen LogP contribution in [0.5, 0.6) is 0 Å². The maximum Gasteiger partial charge on any atom is 0.224 e. The summed E-state index contributed by atoms with van der Waals surface area (Å²) < 4.78 is 16.3. The van der Waals surface area contributed by atoms with Crippen molar-refractivity contribution in [2.75, 3.05) is 11.1 Å². The maximum atomic E-state index is 14.8. The zero-order valence-electron chi connectivity index (χ0n) is 17.8. The van der Waals surface area contributed by atoms with E-state index in [4.69, 9.17) is 11.6 Å². The van der Waals surface area contributed by atoms with Crippen molar-refractivity contribution in [1.29, 1.82) is 0 Å². The molecule has 6 nitrogen and oxygen atoms in total. The number of nitrogens with one attached hydrogen (secondary N) is 1. The fraction of sp³-hybridized carbons (Fsp3) is 0.120. The Balaban J connectivity index is 1.45. The van der Waals surface area contributed by atoms with E-state index in [0.717, 1.165) is 11.3 Å². The molecule has 1 aromatic heterocycles. The zero-order valence-corrected chi connectivity index (χ0v) is 19.4. The second-order valence-corrected chi connectivity index (χ2v) is 9.05. The Bertz CT molecular complexity index is 1420. The van der Waals surface area contributed by atoms with Crippen LogP contribution in [-0.2, 0) is 11.2 Å². The summed E-state index contributed by atoms with van der Waals surface area (Å²) in [6.45, 7) is 0. The Kier molecular flexibility index (Phi) is 6.17. The van der Waals surface area contributed by atoms with Gasteiger partial charge in [-0.2, -0.15) is 0 Å². The van der Waals surface area contributed by atoms with E-state index in [9.17, 15) is 14.0 Å². The van der Waals surface area contributed by atoms with Crippen molar-refractivity contribution in [1.82, 2.24) is 14.8 Å². The maximum absolute atomic E-state index is 14.8. The van der Waals surface area contributed by atoms with Crippen LogP contribution < -0.4 is 5.32 Å². The van der Waals surface area contributed by atoms with E-state index in [1.54, 1.807) is 53.1 Å². The lowest BCUT2D eigenvalue weighted by Gasteiger charge is -2.17. The summed E-state index contributed by atoms with van der Waals surface area (Å²) in [5.74, 6) is -0.105. The van der Waals surface area contributed by atoms with Gasteiger partial charge < -0.3 is 5.32 Å². The molecule has 0 saturated heterocycles. The van der Waals surface area contributed by atoms with Crippen molar-refractivity contribution in [2.24, 2.45) is 0 Å². The first-order valence-corrected chi connectivity index (χ1v) is 11.9. The van der Waals surface area contributed by atoms with Gasteiger partial charge in [-0.25, -0.2) is 4.39 Å². The molecular formula is C25H18ClFN4O2S. The average molecular weight is 493 g/mol. The summed E-state index contributed by atoms with van der Waals surface area (Å²) in [5.41, 5.74) is 3.09. The molecule has 4 aromatic rings. The Morgan fingerprint density at radius 1 is 1.06 bits per heavy atom. The van der Waals surface area contributed by atoms with Crippen LogP contribution >= 0.6 is 23.4 Å². The molecule has 0 bridgehead atoms. The molecule has 0 atom stereocenters. The summed E-state index contributed by atoms with van der Waals surface area (Å²) in [6.07, 6.45) is 0.994. The van der Waals surface area contributed by atoms with Crippen LogP contribution in [-0.4, -0.2) is 32.2 Å². The first kappa shape index (κ1) is 22.3. The number of rotatable bonds is 6. The van der Waals surface area contributed by atoms with Crippen LogP contribution in [0.4, 0.5) is 10.1 Å². The third-order valence-corrected chi connectivity index (χ3v) is 6.76. The van der Waals surface area contributed by atoms with Gasteiger partial charge in [0.2, 0.25) is 5.91 Å². The van der Waals surface area contributed by atoms with Gasteiger partial charge in [-0.3, -0.25) is 14.2 Å². The van der Waals surface area contributed by atoms with Crippen LogP contribution in [0.15, 0.2) is 71.9 Å². The quantitative estimate of drug-likeness (QED) is 0.280. The molecule has 34 heavy (non-hydrogen) atoms. The molecule has 0 fully saturated rings. The number of halogens is 2. The SMILES string of the molecule is O=C1CCc2cc(C(=O)CSc3nnc(-c4ccccc4Cl)n3-c3ccccc3F)ccc2N1. The Labute approximate surface area is 204 Å². The van der Waals surface area contributed by atoms with Crippen molar-refractivity contribution in [3.63, 3.8) is 0 Å². The summed E-state index contributed by atoms with van der Waals surface area (Å²) in [6, 6.07) is 18.7. The van der Waals surface area contributed by atoms with Gasteiger partial charge in [0.25, 0.3) is 0 Å². The van der Waals surface area contributed by atoms with Crippen LogP contribution in [0.2, 0.25) is 5.02 Å². The number of aromatic nitrogens is 3. The first-order valence-electron chi connectivity index (χ1n) is 10.6. The predicted octanol–water partition coefficient (Wildman–Crippen LogP) is 5.59. The number of nitrogens with zero attached hydrogens (tertiary/aromatic N) is 3. The minimum atomic E-state index is -0.444. The third-order valence-electron chi connectivity index (χ3n) is 5.50. The highest BCUT2D eigenvalue weighted by molar-refractivity contribution is 7.99. The van der Waals surface area contributed by atoms with Crippen LogP contribution in [0.1, 0.15) is 22.3 Å². The Morgan fingerprint density at radius 2 is 1.85 bits per heavy atom. The standard InChI is InChI=1S/C25H18ClFN4O2S/c26-18-6-2-1-5-17(18)24-29-30-25(31(24)21-8-4-3-7-19(21)27)34-14-22(32)16-9-11-20-15(13-16)10-12-23(33)28-20/h1-9,11,13H,10,12,14H2,(H,28,33). The van der Waals surface area contributed by atoms with E-state index in [2.05, 4.69) is 15.5 Å². The monoisotopic (exact) mass is 492 g/mol. The number of hydrogen-bond donors (Lipinski definition) is 1. The molecule has 0 aliphatic carbocycles. The molecule has 9 heteroatoms. The number of ketones is 1. The number of hydrogen-bond acceptors (Lipinski definition) is 5. The topological polar surface area (TPSA) is 76.9 Å². The number of carbonyl (C=O) groups is 2. The molecule has 0 radical (unpaired) electrons. The van der Waals surface area contributed by atoms with Gasteiger partial charge in [0.1, 0.15) is 5.82 Å². The summed E-state index contributed by atoms with van der Waals surface area (Å²) in [4.78, 5) is 24.5. The number of para-hydroxylation sites is 1. The lowest BCUT2D eigenvalue weighted by molar-refractivity contribution is -0.116. The van der Waals surface area contributed by atoms with Crippen molar-refractivity contribution in [3.8, 4) is 17.1 Å². The van der Waals surface area contributed by atoms with E-state index in [-0.39, 0.29) is 23.1 Å². The first-order chi connectivity index (χ1) is 16.5. The van der Waals surface area contributed by atoms with Crippen LogP contribution in [0, 0.1) is 5.82 Å². The molecule has 1 amide bonds. The normalized spacial score (nSPS) is 12.8. The minimum absolute atomic E-state index is 0.0241. The molecule has 0 spiro atoms. The molecule has 1 aliphatic heterocycles. The molecule has 0 saturated carbocycles. The lowest BCUT2D eigenvalue weighted by Crippen LogP contribution is -2.19. The zero-order chi connectivity index (χ0) is 23.7. The highest BCUT2D eigenvalue weighted by Gasteiger charge is 2.22. The lowest BCUT2D eigenvalue weighted by atomic mass is 9.99. The second kappa shape index (κ2) is 9.40.